The molecule has 0 radical (unpaired) electrons. The summed E-state index contributed by atoms with van der Waals surface area (Å²) in [6.45, 7) is 10.3. The van der Waals surface area contributed by atoms with Crippen LogP contribution in [0.5, 0.6) is 0 Å². The molecule has 0 saturated carbocycles. The quantitative estimate of drug-likeness (QED) is 0.430. The maximum Gasteiger partial charge on any atom is 0.410 e. The Bertz CT molecular complexity index is 1260. The van der Waals surface area contributed by atoms with Crippen molar-refractivity contribution in [2.24, 2.45) is 5.92 Å². The van der Waals surface area contributed by atoms with Gasteiger partial charge in [-0.1, -0.05) is 0 Å². The number of nitrogens with zero attached hydrogens (tertiary/aromatic N) is 5. The van der Waals surface area contributed by atoms with Crippen molar-refractivity contribution in [1.29, 1.82) is 0 Å². The van der Waals surface area contributed by atoms with Crippen molar-refractivity contribution in [1.82, 2.24) is 29.6 Å². The molecule has 0 bridgehead atoms. The van der Waals surface area contributed by atoms with Crippen LogP contribution < -0.4 is 10.6 Å². The van der Waals surface area contributed by atoms with Crippen molar-refractivity contribution in [3.05, 3.63) is 42.1 Å². The van der Waals surface area contributed by atoms with Crippen molar-refractivity contribution in [2.45, 2.75) is 46.1 Å². The fraction of sp³-hybridized carbons (Fsp3) is 0.519. The Labute approximate surface area is 223 Å². The molecular weight excluding hydrogens is 486 g/mol. The predicted octanol–water partition coefficient (Wildman–Crippen LogP) is 3.53. The number of amides is 2. The lowest BCUT2D eigenvalue weighted by Gasteiger charge is -2.33. The molecule has 3 aromatic rings. The fourth-order valence-corrected chi connectivity index (χ4v) is 4.39. The zero-order valence-corrected chi connectivity index (χ0v) is 22.8. The molecule has 11 nitrogen and oxygen atoms in total. The minimum Gasteiger partial charge on any atom is -0.444 e. The molecule has 38 heavy (non-hydrogen) atoms. The molecule has 0 spiro atoms. The van der Waals surface area contributed by atoms with E-state index in [0.717, 1.165) is 29.8 Å². The molecule has 0 unspecified atom stereocenters. The zero-order chi connectivity index (χ0) is 27.3. The highest BCUT2D eigenvalue weighted by molar-refractivity contribution is 5.95. The van der Waals surface area contributed by atoms with E-state index in [1.807, 2.05) is 50.4 Å². The highest BCUT2D eigenvalue weighted by Crippen LogP contribution is 2.26. The minimum atomic E-state index is -0.506. The summed E-state index contributed by atoms with van der Waals surface area (Å²) in [6.07, 6.45) is 6.79. The highest BCUT2D eigenvalue weighted by atomic mass is 16.6. The van der Waals surface area contributed by atoms with Crippen molar-refractivity contribution < 1.29 is 19.1 Å². The van der Waals surface area contributed by atoms with E-state index in [4.69, 9.17) is 14.5 Å². The number of likely N-dealkylation sites (tertiary alicyclic amines) is 1. The summed E-state index contributed by atoms with van der Waals surface area (Å²) >= 11 is 0. The van der Waals surface area contributed by atoms with Crippen molar-refractivity contribution >= 4 is 23.5 Å². The molecule has 0 aromatic carbocycles. The largest absolute Gasteiger partial charge is 0.444 e. The van der Waals surface area contributed by atoms with Crippen LogP contribution in [0.15, 0.2) is 30.7 Å². The number of rotatable bonds is 8. The van der Waals surface area contributed by atoms with Gasteiger partial charge in [-0.25, -0.2) is 14.8 Å². The number of hydrogen-bond acceptors (Lipinski definition) is 8. The van der Waals surface area contributed by atoms with Gasteiger partial charge < -0.3 is 25.0 Å². The van der Waals surface area contributed by atoms with Crippen molar-refractivity contribution in [2.75, 3.05) is 45.2 Å². The summed E-state index contributed by atoms with van der Waals surface area (Å²) < 4.78 is 12.5. The Hall–Kier alpha value is -3.73. The molecule has 2 amide bonds. The van der Waals surface area contributed by atoms with E-state index in [9.17, 15) is 9.59 Å². The summed E-state index contributed by atoms with van der Waals surface area (Å²) in [6, 6.07) is 3.80. The van der Waals surface area contributed by atoms with Gasteiger partial charge in [0.25, 0.3) is 5.91 Å². The molecule has 3 aromatic heterocycles. The maximum atomic E-state index is 12.8. The third kappa shape index (κ3) is 6.58. The number of carbonyl (C=O) groups excluding carboxylic acids is 2. The summed E-state index contributed by atoms with van der Waals surface area (Å²) in [7, 11) is 1.59. The molecule has 1 aliphatic heterocycles. The normalized spacial score (nSPS) is 14.5. The van der Waals surface area contributed by atoms with Crippen LogP contribution in [0.2, 0.25) is 0 Å². The third-order valence-corrected chi connectivity index (χ3v) is 6.45. The van der Waals surface area contributed by atoms with Gasteiger partial charge in [0, 0.05) is 57.4 Å². The number of imidazole rings is 1. The molecule has 4 rings (SSSR count). The Morgan fingerprint density at radius 2 is 1.84 bits per heavy atom. The number of aryl methyl sites for hydroxylation is 1. The summed E-state index contributed by atoms with van der Waals surface area (Å²) in [5.41, 5.74) is 2.81. The molecule has 204 valence electrons. The monoisotopic (exact) mass is 523 g/mol. The molecule has 1 fully saturated rings. The van der Waals surface area contributed by atoms with E-state index in [2.05, 4.69) is 20.6 Å². The molecule has 1 saturated heterocycles. The first-order chi connectivity index (χ1) is 18.2. The van der Waals surface area contributed by atoms with Crippen LogP contribution in [-0.4, -0.2) is 81.7 Å². The number of hydrogen-bond donors (Lipinski definition) is 2. The van der Waals surface area contributed by atoms with Gasteiger partial charge in [-0.05, 0) is 58.6 Å². The van der Waals surface area contributed by atoms with Crippen LogP contribution in [0.1, 0.15) is 49.8 Å². The van der Waals surface area contributed by atoms with E-state index in [1.165, 1.54) is 0 Å². The number of nitrogens with one attached hydrogen (secondary N) is 2. The average molecular weight is 524 g/mol. The van der Waals surface area contributed by atoms with E-state index < -0.39 is 5.60 Å². The SMILES string of the molecule is COCCNC(=O)c1nc2c(NCC3CCN(C(=O)OC(C)(C)C)CC3)nc(-c3ccncc3)cn2c1C. The molecule has 2 N–H and O–H groups in total. The lowest BCUT2D eigenvalue weighted by atomic mass is 9.97. The van der Waals surface area contributed by atoms with Crippen LogP contribution in [0.25, 0.3) is 16.9 Å². The first kappa shape index (κ1) is 27.3. The van der Waals surface area contributed by atoms with Gasteiger partial charge >= 0.3 is 6.09 Å². The Balaban J connectivity index is 1.53. The second-order valence-electron chi connectivity index (χ2n) is 10.5. The van der Waals surface area contributed by atoms with Crippen LogP contribution in [0, 0.1) is 12.8 Å². The lowest BCUT2D eigenvalue weighted by molar-refractivity contribution is 0.0188. The number of pyridine rings is 1. The maximum absolute atomic E-state index is 12.8. The smallest absolute Gasteiger partial charge is 0.410 e. The summed E-state index contributed by atoms with van der Waals surface area (Å²) in [5, 5.41) is 6.33. The standard InChI is InChI=1S/C27H37N7O4/c1-18-22(25(35)29-12-15-37-5)32-24-23(31-21(17-34(18)24)20-6-10-28-11-7-20)30-16-19-8-13-33(14-9-19)26(36)38-27(2,3)4/h6-7,10-11,17,19H,8-9,12-16H2,1-5H3,(H,29,35)(H,30,31). The highest BCUT2D eigenvalue weighted by Gasteiger charge is 2.27. The van der Waals surface area contributed by atoms with Gasteiger partial charge in [0.1, 0.15) is 11.3 Å². The van der Waals surface area contributed by atoms with Crippen molar-refractivity contribution in [3.63, 3.8) is 0 Å². The number of methoxy groups -OCH3 is 1. The van der Waals surface area contributed by atoms with Crippen LogP contribution in [0.3, 0.4) is 0 Å². The number of ether oxygens (including phenoxy) is 2. The second-order valence-corrected chi connectivity index (χ2v) is 10.5. The number of fused-ring (bicyclic) bond motifs is 1. The molecule has 0 aliphatic carbocycles. The van der Waals surface area contributed by atoms with Crippen LogP contribution >= 0.6 is 0 Å². The van der Waals surface area contributed by atoms with Crippen LogP contribution in [-0.2, 0) is 9.47 Å². The van der Waals surface area contributed by atoms with Gasteiger partial charge in [-0.2, -0.15) is 0 Å². The lowest BCUT2D eigenvalue weighted by Crippen LogP contribution is -2.42. The van der Waals surface area contributed by atoms with Gasteiger partial charge in [0.05, 0.1) is 18.0 Å². The Morgan fingerprint density at radius 1 is 1.13 bits per heavy atom. The van der Waals surface area contributed by atoms with Gasteiger partial charge in [-0.3, -0.25) is 14.2 Å². The van der Waals surface area contributed by atoms with Crippen LogP contribution in [0.4, 0.5) is 10.6 Å². The second kappa shape index (κ2) is 11.8. The van der Waals surface area contributed by atoms with E-state index in [-0.39, 0.29) is 12.0 Å². The van der Waals surface area contributed by atoms with E-state index in [1.54, 1.807) is 24.4 Å². The Kier molecular flexibility index (Phi) is 8.45. The number of carbonyl (C=O) groups is 2. The summed E-state index contributed by atoms with van der Waals surface area (Å²) in [5.74, 6) is 0.704. The Morgan fingerprint density at radius 3 is 2.50 bits per heavy atom. The fourth-order valence-electron chi connectivity index (χ4n) is 4.39. The minimum absolute atomic E-state index is 0.255. The van der Waals surface area contributed by atoms with E-state index >= 15 is 0 Å². The van der Waals surface area contributed by atoms with Gasteiger partial charge in [-0.15, -0.1) is 0 Å². The van der Waals surface area contributed by atoms with Crippen molar-refractivity contribution in [3.8, 4) is 11.3 Å². The molecule has 1 aliphatic rings. The molecule has 11 heteroatoms. The van der Waals surface area contributed by atoms with Gasteiger partial charge in [0.15, 0.2) is 11.5 Å². The summed E-state index contributed by atoms with van der Waals surface area (Å²) in [4.78, 5) is 40.6. The first-order valence-electron chi connectivity index (χ1n) is 13.0. The number of anilines is 1. The molecular formula is C27H37N7O4. The number of aromatic nitrogens is 4. The van der Waals surface area contributed by atoms with E-state index in [0.29, 0.717) is 55.9 Å². The zero-order valence-electron chi connectivity index (χ0n) is 22.8. The van der Waals surface area contributed by atoms with Gasteiger partial charge in [0.2, 0.25) is 0 Å². The molecule has 4 heterocycles. The third-order valence-electron chi connectivity index (χ3n) is 6.45. The molecule has 0 atom stereocenters. The number of piperidine rings is 1. The average Bonchev–Trinajstić information content (AvgIpc) is 3.23. The topological polar surface area (TPSA) is 123 Å². The predicted molar refractivity (Wildman–Crippen MR) is 144 cm³/mol. The first-order valence-corrected chi connectivity index (χ1v) is 13.0.